The Bertz CT molecular complexity index is 518. The number of thioether (sulfide) groups is 1. The lowest BCUT2D eigenvalue weighted by Crippen LogP contribution is -1.88. The van der Waals surface area contributed by atoms with Crippen LogP contribution in [0.3, 0.4) is 0 Å². The second kappa shape index (κ2) is 5.85. The highest BCUT2D eigenvalue weighted by molar-refractivity contribution is 9.10. The minimum Gasteiger partial charge on any atom is -0.246 e. The number of nitrogens with zero attached hydrogens (tertiary/aromatic N) is 1. The fourth-order valence-corrected chi connectivity index (χ4v) is 2.49. The fourth-order valence-electron chi connectivity index (χ4n) is 1.24. The number of aromatic nitrogens is 1. The van der Waals surface area contributed by atoms with Gasteiger partial charge in [0.25, 0.3) is 0 Å². The Kier molecular flexibility index (Phi) is 4.42. The van der Waals surface area contributed by atoms with Crippen LogP contribution in [-0.4, -0.2) is 4.98 Å². The average Bonchev–Trinajstić information content (AvgIpc) is 2.30. The molecule has 0 aliphatic carbocycles. The maximum Gasteiger partial charge on any atom is 0.156 e. The van der Waals surface area contributed by atoms with Gasteiger partial charge in [-0.15, -0.1) is 0 Å². The molecule has 0 saturated carbocycles. The van der Waals surface area contributed by atoms with E-state index in [-0.39, 0.29) is 5.82 Å². The van der Waals surface area contributed by atoms with Crippen LogP contribution in [0.25, 0.3) is 0 Å². The molecule has 0 saturated heterocycles. The van der Waals surface area contributed by atoms with E-state index in [2.05, 4.69) is 20.9 Å². The maximum absolute atomic E-state index is 13.5. The second-order valence-electron chi connectivity index (χ2n) is 3.36. The third kappa shape index (κ3) is 3.69. The molecule has 0 fully saturated rings. The van der Waals surface area contributed by atoms with E-state index < -0.39 is 0 Å². The normalized spacial score (nSPS) is 10.5. The molecule has 0 aliphatic heterocycles. The van der Waals surface area contributed by atoms with Crippen LogP contribution in [0, 0.1) is 5.82 Å². The minimum absolute atomic E-state index is 0.307. The Morgan fingerprint density at radius 1 is 1.29 bits per heavy atom. The van der Waals surface area contributed by atoms with Crippen LogP contribution in [0.15, 0.2) is 46.0 Å². The Balaban J connectivity index is 2.04. The maximum atomic E-state index is 13.5. The lowest BCUT2D eigenvalue weighted by atomic mass is 10.2. The summed E-state index contributed by atoms with van der Waals surface area (Å²) < 4.78 is 14.1. The van der Waals surface area contributed by atoms with Crippen LogP contribution in [0.5, 0.6) is 0 Å². The molecule has 0 spiro atoms. The fraction of sp³-hybridized carbons (Fsp3) is 0.0833. The van der Waals surface area contributed by atoms with Gasteiger partial charge in [0.1, 0.15) is 5.03 Å². The SMILES string of the molecule is Fc1cc(Br)cnc1SCc1ccc(Cl)cc1. The summed E-state index contributed by atoms with van der Waals surface area (Å²) in [6.45, 7) is 0. The van der Waals surface area contributed by atoms with E-state index >= 15 is 0 Å². The molecule has 88 valence electrons. The highest BCUT2D eigenvalue weighted by Crippen LogP contribution is 2.25. The van der Waals surface area contributed by atoms with Crippen LogP contribution >= 0.6 is 39.3 Å². The van der Waals surface area contributed by atoms with Gasteiger partial charge in [0, 0.05) is 21.4 Å². The highest BCUT2D eigenvalue weighted by Gasteiger charge is 2.05. The summed E-state index contributed by atoms with van der Waals surface area (Å²) in [4.78, 5) is 4.03. The molecular formula is C12H8BrClFNS. The molecule has 17 heavy (non-hydrogen) atoms. The Morgan fingerprint density at radius 3 is 2.65 bits per heavy atom. The summed E-state index contributed by atoms with van der Waals surface area (Å²) >= 11 is 10.3. The molecule has 0 bridgehead atoms. The number of hydrogen-bond donors (Lipinski definition) is 0. The largest absolute Gasteiger partial charge is 0.246 e. The molecule has 0 unspecified atom stereocenters. The van der Waals surface area contributed by atoms with Gasteiger partial charge in [-0.2, -0.15) is 0 Å². The van der Waals surface area contributed by atoms with Gasteiger partial charge in [-0.3, -0.25) is 0 Å². The van der Waals surface area contributed by atoms with E-state index in [1.165, 1.54) is 17.8 Å². The van der Waals surface area contributed by atoms with Crippen LogP contribution in [0.2, 0.25) is 5.02 Å². The van der Waals surface area contributed by atoms with Crippen LogP contribution in [-0.2, 0) is 5.75 Å². The van der Waals surface area contributed by atoms with E-state index in [4.69, 9.17) is 11.6 Å². The molecule has 0 N–H and O–H groups in total. The zero-order valence-corrected chi connectivity index (χ0v) is 11.8. The van der Waals surface area contributed by atoms with E-state index in [0.29, 0.717) is 20.3 Å². The van der Waals surface area contributed by atoms with Crippen molar-refractivity contribution in [3.8, 4) is 0 Å². The predicted octanol–water partition coefficient (Wildman–Crippen LogP) is 4.93. The van der Waals surface area contributed by atoms with E-state index in [1.54, 1.807) is 6.20 Å². The Hall–Kier alpha value is -0.580. The van der Waals surface area contributed by atoms with Crippen molar-refractivity contribution in [3.63, 3.8) is 0 Å². The molecule has 0 amide bonds. The summed E-state index contributed by atoms with van der Waals surface area (Å²) in [5, 5.41) is 1.11. The lowest BCUT2D eigenvalue weighted by molar-refractivity contribution is 0.586. The first-order chi connectivity index (χ1) is 8.15. The van der Waals surface area contributed by atoms with Crippen LogP contribution in [0.1, 0.15) is 5.56 Å². The number of benzene rings is 1. The molecule has 2 rings (SSSR count). The minimum atomic E-state index is -0.307. The molecule has 5 heteroatoms. The van der Waals surface area contributed by atoms with Crippen molar-refractivity contribution in [1.29, 1.82) is 0 Å². The van der Waals surface area contributed by atoms with E-state index in [9.17, 15) is 4.39 Å². The van der Waals surface area contributed by atoms with Gasteiger partial charge in [0.05, 0.1) is 0 Å². The van der Waals surface area contributed by atoms with Crippen molar-refractivity contribution in [2.75, 3.05) is 0 Å². The molecule has 1 nitrogen and oxygen atoms in total. The third-order valence-corrected chi connectivity index (χ3v) is 3.80. The monoisotopic (exact) mass is 331 g/mol. The van der Waals surface area contributed by atoms with Crippen molar-refractivity contribution in [1.82, 2.24) is 4.98 Å². The zero-order valence-electron chi connectivity index (χ0n) is 8.66. The van der Waals surface area contributed by atoms with Gasteiger partial charge in [-0.1, -0.05) is 35.5 Å². The summed E-state index contributed by atoms with van der Waals surface area (Å²) in [5.74, 6) is 0.362. The van der Waals surface area contributed by atoms with Crippen molar-refractivity contribution >= 4 is 39.3 Å². The summed E-state index contributed by atoms with van der Waals surface area (Å²) in [5.41, 5.74) is 1.09. The first kappa shape index (κ1) is 12.9. The molecule has 0 aliphatic rings. The van der Waals surface area contributed by atoms with Crippen molar-refractivity contribution in [3.05, 3.63) is 57.4 Å². The summed E-state index contributed by atoms with van der Waals surface area (Å²) in [6.07, 6.45) is 1.59. The number of halogens is 3. The average molecular weight is 333 g/mol. The summed E-state index contributed by atoms with van der Waals surface area (Å²) in [6, 6.07) is 8.90. The van der Waals surface area contributed by atoms with Gasteiger partial charge in [0.15, 0.2) is 5.82 Å². The standard InChI is InChI=1S/C12H8BrClFNS/c13-9-5-11(15)12(16-6-9)17-7-8-1-3-10(14)4-2-8/h1-6H,7H2. The molecule has 0 atom stereocenters. The molecule has 1 aromatic carbocycles. The first-order valence-corrected chi connectivity index (χ1v) is 6.99. The lowest BCUT2D eigenvalue weighted by Gasteiger charge is -2.03. The molecular weight excluding hydrogens is 325 g/mol. The van der Waals surface area contributed by atoms with Crippen molar-refractivity contribution in [2.45, 2.75) is 10.8 Å². The van der Waals surface area contributed by atoms with E-state index in [1.807, 2.05) is 24.3 Å². The van der Waals surface area contributed by atoms with Gasteiger partial charge in [-0.25, -0.2) is 9.37 Å². The number of pyridine rings is 1. The van der Waals surface area contributed by atoms with Crippen LogP contribution in [0.4, 0.5) is 4.39 Å². The van der Waals surface area contributed by atoms with Gasteiger partial charge < -0.3 is 0 Å². The zero-order chi connectivity index (χ0) is 12.3. The Morgan fingerprint density at radius 2 is 2.00 bits per heavy atom. The van der Waals surface area contributed by atoms with Gasteiger partial charge in [-0.05, 0) is 39.7 Å². The Labute approximate surface area is 117 Å². The van der Waals surface area contributed by atoms with Crippen molar-refractivity contribution < 1.29 is 4.39 Å². The number of rotatable bonds is 3. The second-order valence-corrected chi connectivity index (χ2v) is 5.67. The van der Waals surface area contributed by atoms with Gasteiger partial charge in [0.2, 0.25) is 0 Å². The third-order valence-electron chi connectivity index (χ3n) is 2.06. The molecule has 2 aromatic rings. The topological polar surface area (TPSA) is 12.9 Å². The van der Waals surface area contributed by atoms with E-state index in [0.717, 1.165) is 5.56 Å². The quantitative estimate of drug-likeness (QED) is 0.739. The molecule has 1 aromatic heterocycles. The summed E-state index contributed by atoms with van der Waals surface area (Å²) in [7, 11) is 0. The van der Waals surface area contributed by atoms with Crippen LogP contribution < -0.4 is 0 Å². The smallest absolute Gasteiger partial charge is 0.156 e. The number of hydrogen-bond acceptors (Lipinski definition) is 2. The van der Waals surface area contributed by atoms with Gasteiger partial charge >= 0.3 is 0 Å². The molecule has 0 radical (unpaired) electrons. The highest BCUT2D eigenvalue weighted by atomic mass is 79.9. The first-order valence-electron chi connectivity index (χ1n) is 4.83. The molecule has 1 heterocycles. The predicted molar refractivity (Wildman–Crippen MR) is 72.9 cm³/mol. The van der Waals surface area contributed by atoms with Crippen molar-refractivity contribution in [2.24, 2.45) is 0 Å².